The van der Waals surface area contributed by atoms with Crippen LogP contribution in [0, 0.1) is 10.1 Å². The molecule has 0 aliphatic carbocycles. The molecule has 0 aliphatic rings. The Balaban J connectivity index is 1.52. The number of nitro benzene ring substituents is 1. The first-order valence-electron chi connectivity index (χ1n) is 7.08. The maximum Gasteiger partial charge on any atom is 0.271 e. The number of nitro groups is 1. The Hall–Kier alpha value is -2.84. The minimum atomic E-state index is -0.515. The molecular weight excluding hydrogens is 330 g/mol. The van der Waals surface area contributed by atoms with Crippen molar-refractivity contribution in [2.45, 2.75) is 6.61 Å². The standard InChI is InChI=1S/C16H13N3O4S/c20-15(17-11-4-3-5-12(8-11)19(21)22)9-23-10-16-18-13-6-1-2-7-14(13)24-16/h1-8H,9-10H2,(H,17,20). The fourth-order valence-corrected chi connectivity index (χ4v) is 3.01. The molecule has 2 aromatic carbocycles. The molecule has 0 saturated carbocycles. The Kier molecular flexibility index (Phi) is 4.78. The van der Waals surface area contributed by atoms with Crippen LogP contribution >= 0.6 is 11.3 Å². The minimum absolute atomic E-state index is 0.0804. The Bertz CT molecular complexity index is 861. The number of amides is 1. The number of carbonyl (C=O) groups excluding carboxylic acids is 1. The van der Waals surface area contributed by atoms with E-state index in [1.165, 1.54) is 29.5 Å². The van der Waals surface area contributed by atoms with Gasteiger partial charge in [-0.25, -0.2) is 4.98 Å². The lowest BCUT2D eigenvalue weighted by Crippen LogP contribution is -2.18. The topological polar surface area (TPSA) is 94.4 Å². The number of nitrogens with zero attached hydrogens (tertiary/aromatic N) is 2. The van der Waals surface area contributed by atoms with Crippen LogP contribution in [0.25, 0.3) is 10.2 Å². The summed E-state index contributed by atoms with van der Waals surface area (Å²) in [4.78, 5) is 26.4. The highest BCUT2D eigenvalue weighted by molar-refractivity contribution is 7.18. The van der Waals surface area contributed by atoms with Crippen molar-refractivity contribution in [3.8, 4) is 0 Å². The number of rotatable bonds is 6. The minimum Gasteiger partial charge on any atom is -0.364 e. The molecule has 1 aromatic heterocycles. The maximum absolute atomic E-state index is 11.8. The van der Waals surface area contributed by atoms with Crippen molar-refractivity contribution in [2.24, 2.45) is 0 Å². The van der Waals surface area contributed by atoms with E-state index in [-0.39, 0.29) is 24.8 Å². The number of anilines is 1. The van der Waals surface area contributed by atoms with E-state index < -0.39 is 4.92 Å². The normalized spacial score (nSPS) is 10.7. The second-order valence-electron chi connectivity index (χ2n) is 4.92. The van der Waals surface area contributed by atoms with Crippen LogP contribution in [0.15, 0.2) is 48.5 Å². The van der Waals surface area contributed by atoms with Gasteiger partial charge in [-0.15, -0.1) is 11.3 Å². The summed E-state index contributed by atoms with van der Waals surface area (Å²) in [6.45, 7) is 0.0837. The number of non-ortho nitro benzene ring substituents is 1. The van der Waals surface area contributed by atoms with Gasteiger partial charge in [-0.05, 0) is 18.2 Å². The molecule has 3 rings (SSSR count). The highest BCUT2D eigenvalue weighted by atomic mass is 32.1. The molecule has 0 spiro atoms. The molecule has 122 valence electrons. The van der Waals surface area contributed by atoms with E-state index in [0.717, 1.165) is 15.2 Å². The lowest BCUT2D eigenvalue weighted by Gasteiger charge is -2.05. The number of thiazole rings is 1. The lowest BCUT2D eigenvalue weighted by atomic mass is 10.3. The summed E-state index contributed by atoms with van der Waals surface area (Å²) >= 11 is 1.52. The molecule has 1 amide bonds. The van der Waals surface area contributed by atoms with Crippen LogP contribution in [0.1, 0.15) is 5.01 Å². The summed E-state index contributed by atoms with van der Waals surface area (Å²) in [7, 11) is 0. The first-order chi connectivity index (χ1) is 11.6. The van der Waals surface area contributed by atoms with Crippen molar-refractivity contribution in [1.82, 2.24) is 4.98 Å². The number of benzene rings is 2. The number of hydrogen-bond acceptors (Lipinski definition) is 6. The van der Waals surface area contributed by atoms with E-state index >= 15 is 0 Å². The molecule has 0 radical (unpaired) electrons. The highest BCUT2D eigenvalue weighted by Crippen LogP contribution is 2.22. The van der Waals surface area contributed by atoms with Gasteiger partial charge in [0.05, 0.1) is 21.7 Å². The average molecular weight is 343 g/mol. The molecule has 0 unspecified atom stereocenters. The highest BCUT2D eigenvalue weighted by Gasteiger charge is 2.09. The van der Waals surface area contributed by atoms with Gasteiger partial charge in [-0.2, -0.15) is 0 Å². The number of nitrogens with one attached hydrogen (secondary N) is 1. The third-order valence-corrected chi connectivity index (χ3v) is 4.15. The smallest absolute Gasteiger partial charge is 0.271 e. The van der Waals surface area contributed by atoms with Gasteiger partial charge in [0, 0.05) is 17.8 Å². The van der Waals surface area contributed by atoms with E-state index in [4.69, 9.17) is 4.74 Å². The third kappa shape index (κ3) is 3.92. The maximum atomic E-state index is 11.8. The van der Waals surface area contributed by atoms with Crippen LogP contribution in [-0.4, -0.2) is 22.4 Å². The predicted molar refractivity (Wildman–Crippen MR) is 91.0 cm³/mol. The van der Waals surface area contributed by atoms with Crippen LogP contribution in [0.4, 0.5) is 11.4 Å². The molecule has 7 nitrogen and oxygen atoms in total. The summed E-state index contributed by atoms with van der Waals surface area (Å²) in [6, 6.07) is 13.5. The number of aromatic nitrogens is 1. The van der Waals surface area contributed by atoms with Crippen molar-refractivity contribution in [2.75, 3.05) is 11.9 Å². The zero-order valence-corrected chi connectivity index (χ0v) is 13.3. The Morgan fingerprint density at radius 1 is 1.25 bits per heavy atom. The number of para-hydroxylation sites is 1. The summed E-state index contributed by atoms with van der Waals surface area (Å²) in [5.41, 5.74) is 1.18. The summed E-state index contributed by atoms with van der Waals surface area (Å²) in [6.07, 6.45) is 0. The largest absolute Gasteiger partial charge is 0.364 e. The van der Waals surface area contributed by atoms with Crippen LogP contribution in [0.3, 0.4) is 0 Å². The number of carbonyl (C=O) groups is 1. The first-order valence-corrected chi connectivity index (χ1v) is 7.90. The Labute approximate surface area is 141 Å². The van der Waals surface area contributed by atoms with Gasteiger partial charge in [0.15, 0.2) is 0 Å². The molecule has 8 heteroatoms. The van der Waals surface area contributed by atoms with Crippen LogP contribution in [0.2, 0.25) is 0 Å². The van der Waals surface area contributed by atoms with Crippen molar-refractivity contribution in [3.05, 3.63) is 63.7 Å². The molecule has 1 N–H and O–H groups in total. The van der Waals surface area contributed by atoms with Crippen molar-refractivity contribution in [1.29, 1.82) is 0 Å². The summed E-state index contributed by atoms with van der Waals surface area (Å²) in [5.74, 6) is -0.378. The summed E-state index contributed by atoms with van der Waals surface area (Å²) in [5, 5.41) is 14.1. The van der Waals surface area contributed by atoms with E-state index in [9.17, 15) is 14.9 Å². The zero-order valence-electron chi connectivity index (χ0n) is 12.5. The van der Waals surface area contributed by atoms with E-state index in [2.05, 4.69) is 10.3 Å². The van der Waals surface area contributed by atoms with Crippen LogP contribution in [-0.2, 0) is 16.1 Å². The number of fused-ring (bicyclic) bond motifs is 1. The fraction of sp³-hybridized carbons (Fsp3) is 0.125. The molecule has 0 fully saturated rings. The van der Waals surface area contributed by atoms with Gasteiger partial charge < -0.3 is 10.1 Å². The lowest BCUT2D eigenvalue weighted by molar-refractivity contribution is -0.384. The number of ether oxygens (including phenoxy) is 1. The molecule has 1 heterocycles. The van der Waals surface area contributed by atoms with Crippen molar-refractivity contribution in [3.63, 3.8) is 0 Å². The monoisotopic (exact) mass is 343 g/mol. The predicted octanol–water partition coefficient (Wildman–Crippen LogP) is 3.36. The van der Waals surface area contributed by atoms with Gasteiger partial charge in [0.2, 0.25) is 5.91 Å². The van der Waals surface area contributed by atoms with E-state index in [1.807, 2.05) is 24.3 Å². The summed E-state index contributed by atoms with van der Waals surface area (Å²) < 4.78 is 6.43. The van der Waals surface area contributed by atoms with Crippen molar-refractivity contribution >= 4 is 38.8 Å². The zero-order chi connectivity index (χ0) is 16.9. The molecule has 0 saturated heterocycles. The molecule has 3 aromatic rings. The van der Waals surface area contributed by atoms with Gasteiger partial charge >= 0.3 is 0 Å². The second kappa shape index (κ2) is 7.16. The SMILES string of the molecule is O=C(COCc1nc2ccccc2s1)Nc1cccc([N+](=O)[O-])c1. The van der Waals surface area contributed by atoms with Crippen LogP contribution in [0.5, 0.6) is 0 Å². The molecule has 24 heavy (non-hydrogen) atoms. The van der Waals surface area contributed by atoms with Crippen molar-refractivity contribution < 1.29 is 14.5 Å². The number of hydrogen-bond donors (Lipinski definition) is 1. The Morgan fingerprint density at radius 2 is 2.08 bits per heavy atom. The van der Waals surface area contributed by atoms with Crippen LogP contribution < -0.4 is 5.32 Å². The van der Waals surface area contributed by atoms with Gasteiger partial charge in [-0.3, -0.25) is 14.9 Å². The molecule has 0 atom stereocenters. The molecule has 0 bridgehead atoms. The van der Waals surface area contributed by atoms with E-state index in [1.54, 1.807) is 6.07 Å². The van der Waals surface area contributed by atoms with Gasteiger partial charge in [0.1, 0.15) is 11.6 Å². The Morgan fingerprint density at radius 3 is 2.88 bits per heavy atom. The quantitative estimate of drug-likeness (QED) is 0.547. The second-order valence-corrected chi connectivity index (χ2v) is 6.04. The first kappa shape index (κ1) is 16.0. The average Bonchev–Trinajstić information content (AvgIpc) is 2.97. The fourth-order valence-electron chi connectivity index (χ4n) is 2.11. The molecule has 0 aliphatic heterocycles. The third-order valence-electron chi connectivity index (χ3n) is 3.14. The van der Waals surface area contributed by atoms with Gasteiger partial charge in [-0.1, -0.05) is 18.2 Å². The van der Waals surface area contributed by atoms with E-state index in [0.29, 0.717) is 5.69 Å². The molecular formula is C16H13N3O4S. The van der Waals surface area contributed by atoms with Gasteiger partial charge in [0.25, 0.3) is 5.69 Å².